The van der Waals surface area contributed by atoms with E-state index in [-0.39, 0.29) is 0 Å². The Labute approximate surface area is 99.0 Å². The first-order valence-corrected chi connectivity index (χ1v) is 6.57. The Morgan fingerprint density at radius 2 is 1.94 bits per heavy atom. The molecule has 1 aliphatic carbocycles. The Morgan fingerprint density at radius 1 is 1.25 bits per heavy atom. The third-order valence-electron chi connectivity index (χ3n) is 3.89. The summed E-state index contributed by atoms with van der Waals surface area (Å²) in [5.74, 6) is 1.67. The van der Waals surface area contributed by atoms with Gasteiger partial charge in [0.25, 0.3) is 0 Å². The molecule has 0 aliphatic heterocycles. The van der Waals surface area contributed by atoms with Crippen molar-refractivity contribution in [3.8, 4) is 0 Å². The highest BCUT2D eigenvalue weighted by molar-refractivity contribution is 5.14. The number of hydrogen-bond acceptors (Lipinski definition) is 1. The lowest BCUT2D eigenvalue weighted by Gasteiger charge is -2.19. The van der Waals surface area contributed by atoms with Crippen LogP contribution in [0.1, 0.15) is 38.2 Å². The number of benzene rings is 1. The molecule has 0 amide bonds. The van der Waals surface area contributed by atoms with Gasteiger partial charge >= 0.3 is 0 Å². The van der Waals surface area contributed by atoms with Crippen molar-refractivity contribution in [2.24, 2.45) is 17.6 Å². The molecule has 1 heteroatoms. The van der Waals surface area contributed by atoms with Gasteiger partial charge in [-0.25, -0.2) is 0 Å². The second kappa shape index (κ2) is 5.49. The Balaban J connectivity index is 1.67. The van der Waals surface area contributed by atoms with Gasteiger partial charge in [0.2, 0.25) is 0 Å². The zero-order valence-corrected chi connectivity index (χ0v) is 10.2. The van der Waals surface area contributed by atoms with E-state index in [1.807, 2.05) is 0 Å². The van der Waals surface area contributed by atoms with E-state index in [0.29, 0.717) is 6.04 Å². The van der Waals surface area contributed by atoms with Crippen molar-refractivity contribution >= 4 is 0 Å². The summed E-state index contributed by atoms with van der Waals surface area (Å²) in [6.07, 6.45) is 6.39. The summed E-state index contributed by atoms with van der Waals surface area (Å²) in [7, 11) is 0. The standard InChI is InChI=1S/C15H23N/c1-12(14-10-11-14)15(16)9-5-8-13-6-3-2-4-7-13/h2-4,6-7,12,14-15H,5,8-11,16H2,1H3. The minimum Gasteiger partial charge on any atom is -0.327 e. The molecule has 88 valence electrons. The number of hydrogen-bond donors (Lipinski definition) is 1. The van der Waals surface area contributed by atoms with Gasteiger partial charge in [-0.3, -0.25) is 0 Å². The quantitative estimate of drug-likeness (QED) is 0.776. The summed E-state index contributed by atoms with van der Waals surface area (Å²) >= 11 is 0. The molecular formula is C15H23N. The molecule has 1 aliphatic rings. The Bertz CT molecular complexity index is 302. The molecule has 2 N–H and O–H groups in total. The third-order valence-corrected chi connectivity index (χ3v) is 3.89. The molecule has 1 aromatic rings. The molecule has 16 heavy (non-hydrogen) atoms. The Hall–Kier alpha value is -0.820. The zero-order valence-electron chi connectivity index (χ0n) is 10.2. The molecule has 1 nitrogen and oxygen atoms in total. The van der Waals surface area contributed by atoms with E-state index >= 15 is 0 Å². The molecule has 1 saturated carbocycles. The lowest BCUT2D eigenvalue weighted by Crippen LogP contribution is -2.29. The van der Waals surface area contributed by atoms with Gasteiger partial charge in [0, 0.05) is 6.04 Å². The van der Waals surface area contributed by atoms with Crippen molar-refractivity contribution in [2.45, 2.75) is 45.1 Å². The first-order valence-electron chi connectivity index (χ1n) is 6.57. The maximum atomic E-state index is 6.22. The number of aryl methyl sites for hydroxylation is 1. The molecular weight excluding hydrogens is 194 g/mol. The smallest absolute Gasteiger partial charge is 0.00672 e. The predicted octanol–water partition coefficient (Wildman–Crippen LogP) is 3.38. The molecule has 1 aromatic carbocycles. The molecule has 0 bridgehead atoms. The molecule has 1 fully saturated rings. The van der Waals surface area contributed by atoms with Crippen LogP contribution in [0.15, 0.2) is 30.3 Å². The van der Waals surface area contributed by atoms with Gasteiger partial charge in [-0.1, -0.05) is 37.3 Å². The Kier molecular flexibility index (Phi) is 4.00. The minimum atomic E-state index is 0.413. The van der Waals surface area contributed by atoms with E-state index in [2.05, 4.69) is 37.3 Å². The van der Waals surface area contributed by atoms with Gasteiger partial charge in [-0.2, -0.15) is 0 Å². The monoisotopic (exact) mass is 217 g/mol. The maximum absolute atomic E-state index is 6.22. The van der Waals surface area contributed by atoms with Gasteiger partial charge in [0.05, 0.1) is 0 Å². The van der Waals surface area contributed by atoms with E-state index in [4.69, 9.17) is 5.73 Å². The molecule has 2 atom stereocenters. The lowest BCUT2D eigenvalue weighted by atomic mass is 9.92. The normalized spacial score (nSPS) is 19.4. The van der Waals surface area contributed by atoms with Crippen LogP contribution < -0.4 is 5.73 Å². The number of rotatable bonds is 6. The van der Waals surface area contributed by atoms with Gasteiger partial charge < -0.3 is 5.73 Å². The van der Waals surface area contributed by atoms with Gasteiger partial charge in [-0.05, 0) is 49.5 Å². The highest BCUT2D eigenvalue weighted by Gasteiger charge is 2.31. The zero-order chi connectivity index (χ0) is 11.4. The van der Waals surface area contributed by atoms with Crippen LogP contribution in [0.2, 0.25) is 0 Å². The van der Waals surface area contributed by atoms with Crippen molar-refractivity contribution in [3.63, 3.8) is 0 Å². The summed E-state index contributed by atoms with van der Waals surface area (Å²) in [6, 6.07) is 11.1. The summed E-state index contributed by atoms with van der Waals surface area (Å²) in [4.78, 5) is 0. The van der Waals surface area contributed by atoms with Crippen LogP contribution >= 0.6 is 0 Å². The van der Waals surface area contributed by atoms with Crippen LogP contribution in [0.3, 0.4) is 0 Å². The summed E-state index contributed by atoms with van der Waals surface area (Å²) < 4.78 is 0. The van der Waals surface area contributed by atoms with Crippen LogP contribution in [-0.4, -0.2) is 6.04 Å². The van der Waals surface area contributed by atoms with Crippen molar-refractivity contribution in [1.29, 1.82) is 0 Å². The van der Waals surface area contributed by atoms with Gasteiger partial charge in [0.15, 0.2) is 0 Å². The molecule has 2 rings (SSSR count). The fourth-order valence-corrected chi connectivity index (χ4v) is 2.42. The SMILES string of the molecule is CC(C(N)CCCc1ccccc1)C1CC1. The topological polar surface area (TPSA) is 26.0 Å². The molecule has 2 unspecified atom stereocenters. The van der Waals surface area contributed by atoms with Gasteiger partial charge in [0.1, 0.15) is 0 Å². The molecule has 0 heterocycles. The van der Waals surface area contributed by atoms with Crippen LogP contribution in [-0.2, 0) is 6.42 Å². The second-order valence-corrected chi connectivity index (χ2v) is 5.24. The van der Waals surface area contributed by atoms with Crippen molar-refractivity contribution in [1.82, 2.24) is 0 Å². The van der Waals surface area contributed by atoms with Crippen molar-refractivity contribution < 1.29 is 0 Å². The van der Waals surface area contributed by atoms with Gasteiger partial charge in [-0.15, -0.1) is 0 Å². The van der Waals surface area contributed by atoms with Crippen LogP contribution in [0.25, 0.3) is 0 Å². The minimum absolute atomic E-state index is 0.413. The van der Waals surface area contributed by atoms with E-state index in [1.165, 1.54) is 37.7 Å². The lowest BCUT2D eigenvalue weighted by molar-refractivity contribution is 0.381. The van der Waals surface area contributed by atoms with Crippen LogP contribution in [0.4, 0.5) is 0 Å². The van der Waals surface area contributed by atoms with E-state index in [9.17, 15) is 0 Å². The highest BCUT2D eigenvalue weighted by Crippen LogP contribution is 2.38. The average Bonchev–Trinajstić information content (AvgIpc) is 3.13. The van der Waals surface area contributed by atoms with Crippen LogP contribution in [0.5, 0.6) is 0 Å². The van der Waals surface area contributed by atoms with E-state index < -0.39 is 0 Å². The summed E-state index contributed by atoms with van der Waals surface area (Å²) in [5, 5.41) is 0. The maximum Gasteiger partial charge on any atom is 0.00672 e. The average molecular weight is 217 g/mol. The largest absolute Gasteiger partial charge is 0.327 e. The molecule has 0 spiro atoms. The summed E-state index contributed by atoms with van der Waals surface area (Å²) in [5.41, 5.74) is 7.66. The number of nitrogens with two attached hydrogens (primary N) is 1. The molecule has 0 radical (unpaired) electrons. The van der Waals surface area contributed by atoms with E-state index in [1.54, 1.807) is 0 Å². The van der Waals surface area contributed by atoms with E-state index in [0.717, 1.165) is 11.8 Å². The summed E-state index contributed by atoms with van der Waals surface area (Å²) in [6.45, 7) is 2.32. The molecule has 0 saturated heterocycles. The first kappa shape index (κ1) is 11.7. The van der Waals surface area contributed by atoms with Crippen molar-refractivity contribution in [2.75, 3.05) is 0 Å². The fourth-order valence-electron chi connectivity index (χ4n) is 2.42. The fraction of sp³-hybridized carbons (Fsp3) is 0.600. The Morgan fingerprint density at radius 3 is 2.56 bits per heavy atom. The predicted molar refractivity (Wildman–Crippen MR) is 69.2 cm³/mol. The highest BCUT2D eigenvalue weighted by atomic mass is 14.7. The molecule has 0 aromatic heterocycles. The first-order chi connectivity index (χ1) is 7.77. The third kappa shape index (κ3) is 3.34. The van der Waals surface area contributed by atoms with Crippen LogP contribution in [0, 0.1) is 11.8 Å². The second-order valence-electron chi connectivity index (χ2n) is 5.24. The van der Waals surface area contributed by atoms with Crippen molar-refractivity contribution in [3.05, 3.63) is 35.9 Å².